The highest BCUT2D eigenvalue weighted by atomic mass is 16.2. The molecule has 2 heterocycles. The number of aromatic nitrogens is 2. The smallest absolute Gasteiger partial charge is 0.275 e. The van der Waals surface area contributed by atoms with Gasteiger partial charge in [0.1, 0.15) is 11.7 Å². The second kappa shape index (κ2) is 6.47. The van der Waals surface area contributed by atoms with Gasteiger partial charge in [-0.2, -0.15) is 5.10 Å². The van der Waals surface area contributed by atoms with E-state index in [0.717, 1.165) is 11.3 Å². The number of carbonyl (C=O) groups excluding carboxylic acids is 2. The lowest BCUT2D eigenvalue weighted by atomic mass is 10.1. The van der Waals surface area contributed by atoms with Crippen LogP contribution in [0.3, 0.4) is 0 Å². The number of hydrogen-bond acceptors (Lipinski definition) is 3. The van der Waals surface area contributed by atoms with Crippen molar-refractivity contribution in [2.75, 3.05) is 13.1 Å². The molecule has 0 radical (unpaired) electrons. The summed E-state index contributed by atoms with van der Waals surface area (Å²) in [6.07, 6.45) is 0. The van der Waals surface area contributed by atoms with Crippen LogP contribution in [0, 0.1) is 13.8 Å². The van der Waals surface area contributed by atoms with Gasteiger partial charge in [0.2, 0.25) is 5.91 Å². The van der Waals surface area contributed by atoms with E-state index in [1.807, 2.05) is 36.9 Å². The minimum Gasteiger partial charge on any atom is -0.335 e. The summed E-state index contributed by atoms with van der Waals surface area (Å²) in [6.45, 7) is 7.29. The molecule has 1 aliphatic rings. The minimum absolute atomic E-state index is 0.0247. The average molecular weight is 326 g/mol. The molecule has 126 valence electrons. The van der Waals surface area contributed by atoms with Gasteiger partial charge in [-0.15, -0.1) is 0 Å². The van der Waals surface area contributed by atoms with Gasteiger partial charge >= 0.3 is 0 Å². The van der Waals surface area contributed by atoms with Gasteiger partial charge in [-0.3, -0.25) is 14.7 Å². The number of carbonyl (C=O) groups is 2. The zero-order valence-electron chi connectivity index (χ0n) is 14.2. The first-order valence-corrected chi connectivity index (χ1v) is 8.13. The van der Waals surface area contributed by atoms with Gasteiger partial charge in [-0.05, 0) is 32.4 Å². The Labute approximate surface area is 141 Å². The molecule has 1 aromatic heterocycles. The number of nitrogens with zero attached hydrogens (tertiary/aromatic N) is 3. The van der Waals surface area contributed by atoms with E-state index < -0.39 is 6.04 Å². The molecule has 1 saturated heterocycles. The van der Waals surface area contributed by atoms with Crippen molar-refractivity contribution in [2.45, 2.75) is 33.4 Å². The maximum atomic E-state index is 12.7. The zero-order valence-corrected chi connectivity index (χ0v) is 14.2. The molecule has 6 heteroatoms. The van der Waals surface area contributed by atoms with Crippen LogP contribution < -0.4 is 0 Å². The third kappa shape index (κ3) is 3.18. The molecule has 24 heavy (non-hydrogen) atoms. The number of rotatable bonds is 3. The lowest BCUT2D eigenvalue weighted by Gasteiger charge is -2.38. The molecule has 1 N–H and O–H groups in total. The summed E-state index contributed by atoms with van der Waals surface area (Å²) in [5.41, 5.74) is 3.48. The highest BCUT2D eigenvalue weighted by Gasteiger charge is 2.35. The van der Waals surface area contributed by atoms with E-state index in [-0.39, 0.29) is 11.8 Å². The number of amides is 2. The van der Waals surface area contributed by atoms with E-state index in [4.69, 9.17) is 0 Å². The van der Waals surface area contributed by atoms with E-state index in [0.29, 0.717) is 25.3 Å². The summed E-state index contributed by atoms with van der Waals surface area (Å²) < 4.78 is 0. The molecule has 2 amide bonds. The van der Waals surface area contributed by atoms with Crippen molar-refractivity contribution in [3.63, 3.8) is 0 Å². The Morgan fingerprint density at radius 1 is 1.29 bits per heavy atom. The number of aryl methyl sites for hydroxylation is 2. The van der Waals surface area contributed by atoms with Gasteiger partial charge in [-0.1, -0.05) is 29.8 Å². The van der Waals surface area contributed by atoms with Crippen LogP contribution >= 0.6 is 0 Å². The normalized spacial score (nSPS) is 18.1. The Kier molecular flexibility index (Phi) is 4.38. The quantitative estimate of drug-likeness (QED) is 0.936. The third-order valence-electron chi connectivity index (χ3n) is 4.39. The number of H-pyrrole nitrogens is 1. The number of piperazine rings is 1. The summed E-state index contributed by atoms with van der Waals surface area (Å²) in [7, 11) is 0. The molecule has 0 unspecified atom stereocenters. The van der Waals surface area contributed by atoms with Crippen molar-refractivity contribution < 1.29 is 9.59 Å². The second-order valence-electron chi connectivity index (χ2n) is 6.36. The highest BCUT2D eigenvalue weighted by molar-refractivity contribution is 5.96. The van der Waals surface area contributed by atoms with E-state index in [9.17, 15) is 9.59 Å². The van der Waals surface area contributed by atoms with Crippen molar-refractivity contribution in [3.8, 4) is 0 Å². The summed E-state index contributed by atoms with van der Waals surface area (Å²) in [5, 5.41) is 6.77. The molecule has 0 aliphatic carbocycles. The molecule has 0 bridgehead atoms. The van der Waals surface area contributed by atoms with Crippen molar-refractivity contribution in [1.82, 2.24) is 20.0 Å². The first kappa shape index (κ1) is 16.2. The van der Waals surface area contributed by atoms with Crippen molar-refractivity contribution in [1.29, 1.82) is 0 Å². The largest absolute Gasteiger partial charge is 0.335 e. The fraction of sp³-hybridized carbons (Fsp3) is 0.389. The molecule has 6 nitrogen and oxygen atoms in total. The first-order chi connectivity index (χ1) is 11.5. The lowest BCUT2D eigenvalue weighted by Crippen LogP contribution is -2.57. The second-order valence-corrected chi connectivity index (χ2v) is 6.36. The van der Waals surface area contributed by atoms with Crippen LogP contribution in [0.4, 0.5) is 0 Å². The zero-order chi connectivity index (χ0) is 17.3. The number of aromatic amines is 1. The van der Waals surface area contributed by atoms with Gasteiger partial charge < -0.3 is 9.80 Å². The number of benzene rings is 1. The van der Waals surface area contributed by atoms with Crippen LogP contribution in [0.2, 0.25) is 0 Å². The topological polar surface area (TPSA) is 69.3 Å². The Hall–Kier alpha value is -2.63. The number of hydrogen-bond donors (Lipinski definition) is 1. The van der Waals surface area contributed by atoms with Gasteiger partial charge in [0.05, 0.1) is 0 Å². The fourth-order valence-corrected chi connectivity index (χ4v) is 3.07. The molecule has 3 rings (SSSR count). The molecule has 1 aromatic carbocycles. The van der Waals surface area contributed by atoms with Gasteiger partial charge in [0, 0.05) is 25.3 Å². The third-order valence-corrected chi connectivity index (χ3v) is 4.39. The summed E-state index contributed by atoms with van der Waals surface area (Å²) >= 11 is 0. The molecular weight excluding hydrogens is 304 g/mol. The molecule has 0 saturated carbocycles. The predicted octanol–water partition coefficient (Wildman–Crippen LogP) is 1.90. The highest BCUT2D eigenvalue weighted by Crippen LogP contribution is 2.17. The Bertz CT molecular complexity index is 768. The molecule has 1 fully saturated rings. The van der Waals surface area contributed by atoms with E-state index in [2.05, 4.69) is 16.3 Å². The fourth-order valence-electron chi connectivity index (χ4n) is 3.07. The number of nitrogens with one attached hydrogen (secondary N) is 1. The SMILES string of the molecule is Cc1cccc(CN2CCN(C(=O)c3cc(C)[nH]n3)[C@H](C)C2=O)c1. The monoisotopic (exact) mass is 326 g/mol. The molecule has 2 aromatic rings. The van der Waals surface area contributed by atoms with Crippen LogP contribution in [0.5, 0.6) is 0 Å². The van der Waals surface area contributed by atoms with Gasteiger partial charge in [-0.25, -0.2) is 0 Å². The average Bonchev–Trinajstić information content (AvgIpc) is 2.98. The molecule has 0 spiro atoms. The molecular formula is C18H22N4O2. The van der Waals surface area contributed by atoms with Gasteiger partial charge in [0.15, 0.2) is 0 Å². The van der Waals surface area contributed by atoms with Crippen molar-refractivity contribution in [3.05, 3.63) is 52.8 Å². The first-order valence-electron chi connectivity index (χ1n) is 8.13. The molecule has 1 aliphatic heterocycles. The Morgan fingerprint density at radius 3 is 2.75 bits per heavy atom. The van der Waals surface area contributed by atoms with Crippen LogP contribution in [0.1, 0.15) is 34.2 Å². The Balaban J connectivity index is 1.70. The van der Waals surface area contributed by atoms with Crippen molar-refractivity contribution in [2.24, 2.45) is 0 Å². The maximum Gasteiger partial charge on any atom is 0.275 e. The summed E-state index contributed by atoms with van der Waals surface area (Å²) in [5.74, 6) is -0.223. The predicted molar refractivity (Wildman–Crippen MR) is 90.4 cm³/mol. The van der Waals surface area contributed by atoms with E-state index >= 15 is 0 Å². The van der Waals surface area contributed by atoms with Crippen LogP contribution in [0.25, 0.3) is 0 Å². The van der Waals surface area contributed by atoms with Crippen LogP contribution in [0.15, 0.2) is 30.3 Å². The van der Waals surface area contributed by atoms with E-state index in [1.165, 1.54) is 5.56 Å². The summed E-state index contributed by atoms with van der Waals surface area (Å²) in [6, 6.07) is 9.37. The van der Waals surface area contributed by atoms with Crippen LogP contribution in [-0.4, -0.2) is 50.9 Å². The van der Waals surface area contributed by atoms with Crippen molar-refractivity contribution >= 4 is 11.8 Å². The standard InChI is InChI=1S/C18H22N4O2/c1-12-5-4-6-15(9-12)11-21-7-8-22(14(3)17(21)23)18(24)16-10-13(2)19-20-16/h4-6,9-10,14H,7-8,11H2,1-3H3,(H,19,20)/t14-/m1/s1. The lowest BCUT2D eigenvalue weighted by molar-refractivity contribution is -0.140. The van der Waals surface area contributed by atoms with Crippen LogP contribution in [-0.2, 0) is 11.3 Å². The van der Waals surface area contributed by atoms with E-state index in [1.54, 1.807) is 17.9 Å². The Morgan fingerprint density at radius 2 is 2.08 bits per heavy atom. The summed E-state index contributed by atoms with van der Waals surface area (Å²) in [4.78, 5) is 28.6. The molecule has 1 atom stereocenters. The minimum atomic E-state index is -0.479. The van der Waals surface area contributed by atoms with Gasteiger partial charge in [0.25, 0.3) is 5.91 Å². The maximum absolute atomic E-state index is 12.7.